The van der Waals surface area contributed by atoms with Crippen LogP contribution in [0.1, 0.15) is 49.7 Å². The Bertz CT molecular complexity index is 1130. The molecule has 4 amide bonds. The normalized spacial score (nSPS) is 23.6. The lowest BCUT2D eigenvalue weighted by Crippen LogP contribution is -2.52. The molecule has 0 atom stereocenters. The van der Waals surface area contributed by atoms with Crippen molar-refractivity contribution in [3.8, 4) is 11.5 Å². The highest BCUT2D eigenvalue weighted by atomic mass is 16.5. The van der Waals surface area contributed by atoms with Crippen molar-refractivity contribution >= 4 is 23.8 Å². The molecule has 2 fully saturated rings. The number of benzene rings is 2. The fraction of sp³-hybridized carbons (Fsp3) is 0.360. The van der Waals surface area contributed by atoms with E-state index in [1.807, 2.05) is 0 Å². The van der Waals surface area contributed by atoms with Crippen LogP contribution in [0.2, 0.25) is 0 Å². The first-order chi connectivity index (χ1) is 16.4. The maximum Gasteiger partial charge on any atom is 0.344 e. The summed E-state index contributed by atoms with van der Waals surface area (Å²) in [5.41, 5.74) is 2.59. The number of urea groups is 1. The third kappa shape index (κ3) is 3.76. The molecule has 0 unspecified atom stereocenters. The Morgan fingerprint density at radius 2 is 1.65 bits per heavy atom. The van der Waals surface area contributed by atoms with Gasteiger partial charge in [-0.15, -0.1) is 0 Å². The number of para-hydroxylation sites is 2. The number of fused-ring (bicyclic) bond motifs is 2. The summed E-state index contributed by atoms with van der Waals surface area (Å²) in [6.07, 6.45) is 2.70. The highest BCUT2D eigenvalue weighted by molar-refractivity contribution is 6.08. The molecule has 1 saturated carbocycles. The topological polar surface area (TPSA) is 114 Å². The van der Waals surface area contributed by atoms with Gasteiger partial charge >= 0.3 is 12.0 Å². The molecule has 1 spiro atoms. The van der Waals surface area contributed by atoms with E-state index in [1.165, 1.54) is 0 Å². The predicted molar refractivity (Wildman–Crippen MR) is 120 cm³/mol. The Labute approximate surface area is 196 Å². The Morgan fingerprint density at radius 1 is 1.06 bits per heavy atom. The van der Waals surface area contributed by atoms with E-state index >= 15 is 0 Å². The van der Waals surface area contributed by atoms with Crippen molar-refractivity contribution in [3.05, 3.63) is 59.7 Å². The quantitative estimate of drug-likeness (QED) is 0.532. The van der Waals surface area contributed by atoms with Gasteiger partial charge in [0.2, 0.25) is 0 Å². The molecular weight excluding hydrogens is 438 g/mol. The van der Waals surface area contributed by atoms with Gasteiger partial charge in [-0.25, -0.2) is 4.79 Å². The van der Waals surface area contributed by atoms with E-state index in [1.54, 1.807) is 48.5 Å². The number of esters is 1. The van der Waals surface area contributed by atoms with Gasteiger partial charge in [-0.05, 0) is 43.7 Å². The van der Waals surface area contributed by atoms with E-state index in [0.717, 1.165) is 12.8 Å². The lowest BCUT2D eigenvalue weighted by Gasteiger charge is -2.33. The van der Waals surface area contributed by atoms with Gasteiger partial charge in [-0.1, -0.05) is 43.3 Å². The van der Waals surface area contributed by atoms with Crippen LogP contribution in [0.3, 0.4) is 0 Å². The van der Waals surface area contributed by atoms with E-state index in [0.29, 0.717) is 46.4 Å². The molecule has 34 heavy (non-hydrogen) atoms. The molecule has 0 radical (unpaired) electrons. The van der Waals surface area contributed by atoms with Crippen LogP contribution >= 0.6 is 0 Å². The van der Waals surface area contributed by atoms with Crippen molar-refractivity contribution in [2.24, 2.45) is 5.92 Å². The number of amides is 4. The van der Waals surface area contributed by atoms with Gasteiger partial charge in [0.25, 0.3) is 11.8 Å². The van der Waals surface area contributed by atoms with E-state index in [2.05, 4.69) is 17.7 Å². The molecule has 1 saturated heterocycles. The minimum absolute atomic E-state index is 0.476. The average molecular weight is 463 g/mol. The lowest BCUT2D eigenvalue weighted by molar-refractivity contribution is -0.151. The number of hydrazine groups is 1. The highest BCUT2D eigenvalue weighted by Gasteiger charge is 2.53. The molecular formula is C25H25N3O6. The van der Waals surface area contributed by atoms with E-state index < -0.39 is 41.9 Å². The fourth-order valence-corrected chi connectivity index (χ4v) is 4.86. The van der Waals surface area contributed by atoms with E-state index in [9.17, 15) is 19.2 Å². The van der Waals surface area contributed by atoms with Gasteiger partial charge in [0.1, 0.15) is 23.0 Å². The van der Waals surface area contributed by atoms with Crippen molar-refractivity contribution in [2.75, 3.05) is 6.61 Å². The zero-order valence-corrected chi connectivity index (χ0v) is 18.7. The van der Waals surface area contributed by atoms with Gasteiger partial charge in [-0.2, -0.15) is 5.01 Å². The first-order valence-electron chi connectivity index (χ1n) is 11.4. The van der Waals surface area contributed by atoms with Gasteiger partial charge in [0.15, 0.2) is 6.61 Å². The minimum Gasteiger partial charge on any atom is -0.457 e. The third-order valence-corrected chi connectivity index (χ3v) is 6.79. The van der Waals surface area contributed by atoms with Crippen LogP contribution in [0, 0.1) is 5.92 Å². The molecule has 0 bridgehead atoms. The van der Waals surface area contributed by atoms with Crippen LogP contribution in [0.15, 0.2) is 48.5 Å². The molecule has 176 valence electrons. The molecule has 5 rings (SSSR count). The maximum absolute atomic E-state index is 13.0. The zero-order valence-electron chi connectivity index (χ0n) is 18.7. The fourth-order valence-electron chi connectivity index (χ4n) is 4.86. The van der Waals surface area contributed by atoms with E-state index in [-0.39, 0.29) is 0 Å². The molecule has 2 aliphatic heterocycles. The monoisotopic (exact) mass is 463 g/mol. The molecule has 1 aliphatic carbocycles. The molecule has 9 nitrogen and oxygen atoms in total. The third-order valence-electron chi connectivity index (χ3n) is 6.79. The zero-order chi connectivity index (χ0) is 23.9. The van der Waals surface area contributed by atoms with E-state index in [4.69, 9.17) is 9.47 Å². The highest BCUT2D eigenvalue weighted by Crippen LogP contribution is 2.44. The lowest BCUT2D eigenvalue weighted by atomic mass is 9.77. The summed E-state index contributed by atoms with van der Waals surface area (Å²) < 4.78 is 11.2. The Morgan fingerprint density at radius 3 is 2.26 bits per heavy atom. The SMILES string of the molecule is CC1CCC2(CC1)NC(=O)N(NC(=O)COC(=O)C1c3ccccc3Oc3ccccc31)C2=O. The van der Waals surface area contributed by atoms with Crippen LogP contribution in [0.25, 0.3) is 0 Å². The number of imide groups is 1. The summed E-state index contributed by atoms with van der Waals surface area (Å²) in [7, 11) is 0. The second kappa shape index (κ2) is 8.48. The Balaban J connectivity index is 1.25. The van der Waals surface area contributed by atoms with Gasteiger partial charge < -0.3 is 14.8 Å². The molecule has 2 aromatic rings. The smallest absolute Gasteiger partial charge is 0.344 e. The molecule has 3 aliphatic rings. The summed E-state index contributed by atoms with van der Waals surface area (Å²) in [4.78, 5) is 50.8. The number of nitrogens with zero attached hydrogens (tertiary/aromatic N) is 1. The first-order valence-corrected chi connectivity index (χ1v) is 11.4. The number of carbonyl (C=O) groups is 4. The second-order valence-electron chi connectivity index (χ2n) is 9.09. The predicted octanol–water partition coefficient (Wildman–Crippen LogP) is 3.00. The number of nitrogens with one attached hydrogen (secondary N) is 2. The molecule has 9 heteroatoms. The molecule has 2 aromatic carbocycles. The summed E-state index contributed by atoms with van der Waals surface area (Å²) in [5, 5.41) is 3.43. The maximum atomic E-state index is 13.0. The van der Waals surface area contributed by atoms with Crippen molar-refractivity contribution < 1.29 is 28.7 Å². The Hall–Kier alpha value is -3.88. The van der Waals surface area contributed by atoms with Crippen molar-refractivity contribution in [3.63, 3.8) is 0 Å². The van der Waals surface area contributed by atoms with Crippen molar-refractivity contribution in [1.82, 2.24) is 15.8 Å². The average Bonchev–Trinajstić information content (AvgIpc) is 3.07. The van der Waals surface area contributed by atoms with Crippen LogP contribution in [-0.2, 0) is 19.1 Å². The van der Waals surface area contributed by atoms with Crippen LogP contribution < -0.4 is 15.5 Å². The van der Waals surface area contributed by atoms with Crippen LogP contribution in [0.4, 0.5) is 4.79 Å². The van der Waals surface area contributed by atoms with Gasteiger partial charge in [0, 0.05) is 11.1 Å². The first kappa shape index (κ1) is 21.9. The number of carbonyl (C=O) groups excluding carboxylic acids is 4. The second-order valence-corrected chi connectivity index (χ2v) is 9.09. The number of rotatable bonds is 4. The molecule has 2 heterocycles. The van der Waals surface area contributed by atoms with Gasteiger partial charge in [-0.3, -0.25) is 19.8 Å². The number of hydrogen-bond donors (Lipinski definition) is 2. The van der Waals surface area contributed by atoms with Crippen LogP contribution in [-0.4, -0.2) is 41.0 Å². The summed E-state index contributed by atoms with van der Waals surface area (Å²) >= 11 is 0. The summed E-state index contributed by atoms with van der Waals surface area (Å²) in [6, 6.07) is 13.6. The largest absolute Gasteiger partial charge is 0.457 e. The number of ether oxygens (including phenoxy) is 2. The van der Waals surface area contributed by atoms with Crippen molar-refractivity contribution in [2.45, 2.75) is 44.1 Å². The van der Waals surface area contributed by atoms with Crippen LogP contribution in [0.5, 0.6) is 11.5 Å². The van der Waals surface area contributed by atoms with Gasteiger partial charge in [0.05, 0.1) is 0 Å². The standard InChI is InChI=1S/C25H25N3O6/c1-15-10-12-25(13-11-15)23(31)28(24(32)26-25)27-20(29)14-33-22(30)21-16-6-2-4-8-18(16)34-19-9-5-3-7-17(19)21/h2-9,15,21H,10-14H2,1H3,(H,26,32)(H,27,29). The minimum atomic E-state index is -0.969. The molecule has 2 N–H and O–H groups in total. The molecule has 0 aromatic heterocycles. The number of hydrogen-bond acceptors (Lipinski definition) is 6. The van der Waals surface area contributed by atoms with Crippen molar-refractivity contribution in [1.29, 1.82) is 0 Å². The Kier molecular flexibility index (Phi) is 5.47. The summed E-state index contributed by atoms with van der Waals surface area (Å²) in [5.74, 6) is -1.08. The summed E-state index contributed by atoms with van der Waals surface area (Å²) in [6.45, 7) is 1.47.